The maximum Gasteiger partial charge on any atom is 0.128 e. The van der Waals surface area contributed by atoms with Crippen molar-refractivity contribution in [3.8, 4) is 5.75 Å². The number of hydrogen-bond acceptors (Lipinski definition) is 2. The summed E-state index contributed by atoms with van der Waals surface area (Å²) in [6.45, 7) is 4.65. The quantitative estimate of drug-likeness (QED) is 0.496. The molecule has 3 aromatic rings. The minimum absolute atomic E-state index is 0.467. The smallest absolute Gasteiger partial charge is 0.128 e. The molecule has 3 heteroatoms. The van der Waals surface area contributed by atoms with Crippen LogP contribution >= 0.6 is 11.6 Å². The van der Waals surface area contributed by atoms with Crippen LogP contribution in [0.5, 0.6) is 5.75 Å². The summed E-state index contributed by atoms with van der Waals surface area (Å²) in [4.78, 5) is 4.64. The third kappa shape index (κ3) is 4.49. The molecule has 0 heterocycles. The van der Waals surface area contributed by atoms with Gasteiger partial charge in [0.05, 0.1) is 5.69 Å². The molecular formula is C22H20ClNO. The van der Waals surface area contributed by atoms with E-state index in [0.29, 0.717) is 11.6 Å². The van der Waals surface area contributed by atoms with E-state index in [1.807, 2.05) is 66.9 Å². The highest BCUT2D eigenvalue weighted by Gasteiger charge is 2.03. The summed E-state index contributed by atoms with van der Waals surface area (Å²) in [7, 11) is 0. The fourth-order valence-corrected chi connectivity index (χ4v) is 2.73. The molecule has 2 nitrogen and oxygen atoms in total. The molecule has 126 valence electrons. The molecule has 0 aliphatic carbocycles. The molecule has 0 saturated heterocycles. The number of halogens is 1. The van der Waals surface area contributed by atoms with Crippen LogP contribution in [0.4, 0.5) is 5.69 Å². The Morgan fingerprint density at radius 2 is 1.76 bits per heavy atom. The molecule has 0 aromatic heterocycles. The second-order valence-electron chi connectivity index (χ2n) is 5.93. The molecule has 0 N–H and O–H groups in total. The van der Waals surface area contributed by atoms with Gasteiger partial charge in [-0.2, -0.15) is 0 Å². The number of benzene rings is 3. The van der Waals surface area contributed by atoms with Gasteiger partial charge in [0.1, 0.15) is 12.4 Å². The fraction of sp³-hybridized carbons (Fsp3) is 0.136. The van der Waals surface area contributed by atoms with Crippen molar-refractivity contribution in [3.63, 3.8) is 0 Å². The molecule has 25 heavy (non-hydrogen) atoms. The van der Waals surface area contributed by atoms with Crippen molar-refractivity contribution in [1.82, 2.24) is 0 Å². The van der Waals surface area contributed by atoms with Gasteiger partial charge < -0.3 is 4.74 Å². The first kappa shape index (κ1) is 17.2. The van der Waals surface area contributed by atoms with E-state index in [1.165, 1.54) is 11.1 Å². The normalized spacial score (nSPS) is 11.0. The number of para-hydroxylation sites is 1. The Morgan fingerprint density at radius 3 is 2.60 bits per heavy atom. The van der Waals surface area contributed by atoms with E-state index in [4.69, 9.17) is 16.3 Å². The van der Waals surface area contributed by atoms with E-state index in [-0.39, 0.29) is 0 Å². The number of aryl methyl sites for hydroxylation is 1. The Morgan fingerprint density at radius 1 is 0.960 bits per heavy atom. The van der Waals surface area contributed by atoms with Crippen molar-refractivity contribution in [3.05, 3.63) is 94.0 Å². The Labute approximate surface area is 153 Å². The number of nitrogens with zero attached hydrogens (tertiary/aromatic N) is 1. The second-order valence-corrected chi connectivity index (χ2v) is 6.37. The first-order valence-corrected chi connectivity index (χ1v) is 8.58. The average molecular weight is 350 g/mol. The lowest BCUT2D eigenvalue weighted by Gasteiger charge is -2.09. The van der Waals surface area contributed by atoms with Crippen LogP contribution in [0, 0.1) is 13.8 Å². The number of aliphatic imine (C=N–C) groups is 1. The molecule has 3 aromatic carbocycles. The lowest BCUT2D eigenvalue weighted by molar-refractivity contribution is 0.306. The molecule has 0 aliphatic rings. The van der Waals surface area contributed by atoms with Crippen molar-refractivity contribution in [2.24, 2.45) is 4.99 Å². The van der Waals surface area contributed by atoms with Crippen LogP contribution in [-0.4, -0.2) is 6.21 Å². The summed E-state index contributed by atoms with van der Waals surface area (Å²) in [5, 5.41) is 0.714. The predicted octanol–water partition coefficient (Wildman–Crippen LogP) is 6.29. The topological polar surface area (TPSA) is 21.6 Å². The van der Waals surface area contributed by atoms with Gasteiger partial charge in [-0.25, -0.2) is 0 Å². The number of rotatable bonds is 5. The zero-order chi connectivity index (χ0) is 17.6. The molecular weight excluding hydrogens is 330 g/mol. The summed E-state index contributed by atoms with van der Waals surface area (Å²) in [6, 6.07) is 21.7. The zero-order valence-electron chi connectivity index (χ0n) is 14.4. The van der Waals surface area contributed by atoms with Crippen LogP contribution < -0.4 is 4.74 Å². The molecule has 0 amide bonds. The Kier molecular flexibility index (Phi) is 5.52. The molecule has 3 rings (SSSR count). The van der Waals surface area contributed by atoms with Crippen molar-refractivity contribution >= 4 is 23.5 Å². The third-order valence-corrected chi connectivity index (χ3v) is 4.36. The highest BCUT2D eigenvalue weighted by molar-refractivity contribution is 6.30. The first-order chi connectivity index (χ1) is 12.1. The Bertz CT molecular complexity index is 902. The standard InChI is InChI=1S/C22H20ClNO/c1-16-7-5-11-21(17(16)2)24-14-19-9-3-4-12-22(19)25-15-18-8-6-10-20(23)13-18/h3-14H,15H2,1-2H3. The van der Waals surface area contributed by atoms with Gasteiger partial charge in [0.2, 0.25) is 0 Å². The zero-order valence-corrected chi connectivity index (χ0v) is 15.1. The SMILES string of the molecule is Cc1cccc(N=Cc2ccccc2OCc2cccc(Cl)c2)c1C. The summed E-state index contributed by atoms with van der Waals surface area (Å²) in [5.74, 6) is 0.802. The van der Waals surface area contributed by atoms with Crippen LogP contribution in [0.2, 0.25) is 5.02 Å². The molecule has 0 spiro atoms. The summed E-state index contributed by atoms with van der Waals surface area (Å²) >= 11 is 6.03. The van der Waals surface area contributed by atoms with Gasteiger partial charge in [-0.05, 0) is 60.9 Å². The van der Waals surface area contributed by atoms with E-state index in [2.05, 4.69) is 24.9 Å². The minimum atomic E-state index is 0.467. The van der Waals surface area contributed by atoms with E-state index in [1.54, 1.807) is 0 Å². The lowest BCUT2D eigenvalue weighted by Crippen LogP contribution is -1.98. The van der Waals surface area contributed by atoms with Gasteiger partial charge in [0.15, 0.2) is 0 Å². The number of ether oxygens (including phenoxy) is 1. The Hall–Kier alpha value is -2.58. The lowest BCUT2D eigenvalue weighted by atomic mass is 10.1. The molecule has 0 radical (unpaired) electrons. The van der Waals surface area contributed by atoms with Gasteiger partial charge in [-0.15, -0.1) is 0 Å². The number of hydrogen-bond donors (Lipinski definition) is 0. The van der Waals surface area contributed by atoms with E-state index < -0.39 is 0 Å². The highest BCUT2D eigenvalue weighted by Crippen LogP contribution is 2.23. The molecule has 0 bridgehead atoms. The average Bonchev–Trinajstić information content (AvgIpc) is 2.62. The fourth-order valence-electron chi connectivity index (χ4n) is 2.52. The third-order valence-electron chi connectivity index (χ3n) is 4.12. The first-order valence-electron chi connectivity index (χ1n) is 8.20. The van der Waals surface area contributed by atoms with Crippen LogP contribution in [0.15, 0.2) is 71.7 Å². The van der Waals surface area contributed by atoms with E-state index in [0.717, 1.165) is 22.6 Å². The van der Waals surface area contributed by atoms with Gasteiger partial charge in [0.25, 0.3) is 0 Å². The minimum Gasteiger partial charge on any atom is -0.488 e. The Balaban J connectivity index is 1.79. The summed E-state index contributed by atoms with van der Waals surface area (Å²) in [6.07, 6.45) is 1.86. The molecule has 0 fully saturated rings. The van der Waals surface area contributed by atoms with Gasteiger partial charge in [-0.1, -0.05) is 48.0 Å². The maximum absolute atomic E-state index is 6.03. The van der Waals surface area contributed by atoms with E-state index in [9.17, 15) is 0 Å². The van der Waals surface area contributed by atoms with Crippen molar-refractivity contribution in [2.45, 2.75) is 20.5 Å². The van der Waals surface area contributed by atoms with Crippen LogP contribution in [0.25, 0.3) is 0 Å². The largest absolute Gasteiger partial charge is 0.488 e. The van der Waals surface area contributed by atoms with Crippen molar-refractivity contribution < 1.29 is 4.74 Å². The van der Waals surface area contributed by atoms with Gasteiger partial charge >= 0.3 is 0 Å². The molecule has 0 saturated carbocycles. The van der Waals surface area contributed by atoms with E-state index >= 15 is 0 Å². The summed E-state index contributed by atoms with van der Waals surface area (Å²) < 4.78 is 5.97. The predicted molar refractivity (Wildman–Crippen MR) is 105 cm³/mol. The molecule has 0 atom stereocenters. The highest BCUT2D eigenvalue weighted by atomic mass is 35.5. The van der Waals surface area contributed by atoms with Crippen LogP contribution in [0.1, 0.15) is 22.3 Å². The maximum atomic E-state index is 6.03. The van der Waals surface area contributed by atoms with Crippen molar-refractivity contribution in [2.75, 3.05) is 0 Å². The van der Waals surface area contributed by atoms with Crippen molar-refractivity contribution in [1.29, 1.82) is 0 Å². The molecule has 0 aliphatic heterocycles. The van der Waals surface area contributed by atoms with Crippen LogP contribution in [-0.2, 0) is 6.61 Å². The monoisotopic (exact) mass is 349 g/mol. The van der Waals surface area contributed by atoms with Gasteiger partial charge in [0, 0.05) is 16.8 Å². The summed E-state index contributed by atoms with van der Waals surface area (Å²) in [5.41, 5.74) is 5.39. The van der Waals surface area contributed by atoms with Crippen LogP contribution in [0.3, 0.4) is 0 Å². The second kappa shape index (κ2) is 8.00. The van der Waals surface area contributed by atoms with Gasteiger partial charge in [-0.3, -0.25) is 4.99 Å². The molecule has 0 unspecified atom stereocenters.